The van der Waals surface area contributed by atoms with E-state index in [2.05, 4.69) is 44.2 Å². The molecule has 0 aromatic heterocycles. The molecule has 2 aliphatic rings. The van der Waals surface area contributed by atoms with Crippen molar-refractivity contribution >= 4 is 5.57 Å². The molecule has 0 radical (unpaired) electrons. The summed E-state index contributed by atoms with van der Waals surface area (Å²) in [5, 5.41) is 0. The minimum Gasteiger partial charge on any atom is -0.378 e. The van der Waals surface area contributed by atoms with E-state index in [4.69, 9.17) is 9.47 Å². The maximum atomic E-state index is 6.29. The fourth-order valence-corrected chi connectivity index (χ4v) is 4.31. The second-order valence-corrected chi connectivity index (χ2v) is 8.55. The molecule has 1 aromatic carbocycles. The molecule has 0 amide bonds. The van der Waals surface area contributed by atoms with Gasteiger partial charge in [-0.05, 0) is 75.3 Å². The smallest absolute Gasteiger partial charge is 0.0577 e. The van der Waals surface area contributed by atoms with E-state index in [0.29, 0.717) is 18.1 Å². The van der Waals surface area contributed by atoms with Gasteiger partial charge in [-0.25, -0.2) is 0 Å². The van der Waals surface area contributed by atoms with Crippen molar-refractivity contribution in [3.63, 3.8) is 0 Å². The number of aryl methyl sites for hydroxylation is 1. The Balaban J connectivity index is 1.32. The Bertz CT molecular complexity index is 566. The van der Waals surface area contributed by atoms with Crippen LogP contribution in [0, 0.1) is 12.8 Å². The third-order valence-corrected chi connectivity index (χ3v) is 6.23. The van der Waals surface area contributed by atoms with Gasteiger partial charge in [0.1, 0.15) is 0 Å². The third-order valence-electron chi connectivity index (χ3n) is 6.23. The topological polar surface area (TPSA) is 18.5 Å². The molecule has 3 rings (SSSR count). The summed E-state index contributed by atoms with van der Waals surface area (Å²) in [7, 11) is 0. The molecule has 1 aromatic rings. The van der Waals surface area contributed by atoms with Crippen molar-refractivity contribution in [3.05, 3.63) is 41.5 Å². The fraction of sp³-hybridized carbons (Fsp3) is 0.680. The van der Waals surface area contributed by atoms with Crippen molar-refractivity contribution in [2.24, 2.45) is 5.92 Å². The zero-order valence-corrected chi connectivity index (χ0v) is 17.4. The number of rotatable bonds is 9. The summed E-state index contributed by atoms with van der Waals surface area (Å²) in [5.41, 5.74) is 4.26. The lowest BCUT2D eigenvalue weighted by Crippen LogP contribution is -2.28. The minimum absolute atomic E-state index is 0.461. The van der Waals surface area contributed by atoms with Crippen molar-refractivity contribution in [1.29, 1.82) is 0 Å². The quantitative estimate of drug-likeness (QED) is 0.450. The lowest BCUT2D eigenvalue weighted by atomic mass is 9.86. The summed E-state index contributed by atoms with van der Waals surface area (Å²) in [6.45, 7) is 6.28. The molecule has 0 aliphatic heterocycles. The second kappa shape index (κ2) is 11.0. The van der Waals surface area contributed by atoms with Crippen LogP contribution in [-0.2, 0) is 9.47 Å². The van der Waals surface area contributed by atoms with Crippen molar-refractivity contribution in [2.45, 2.75) is 90.3 Å². The summed E-state index contributed by atoms with van der Waals surface area (Å²) >= 11 is 0. The Hall–Kier alpha value is -1.12. The molecule has 0 saturated heterocycles. The molecule has 0 heterocycles. The van der Waals surface area contributed by atoms with Crippen molar-refractivity contribution < 1.29 is 9.47 Å². The van der Waals surface area contributed by atoms with Gasteiger partial charge in [-0.3, -0.25) is 0 Å². The van der Waals surface area contributed by atoms with E-state index in [1.807, 2.05) is 0 Å². The SMILES string of the molecule is CCCCCOC1CCC(OCC2CC=C(c3ccc(C)cc3)CC2)CC1. The molecule has 27 heavy (non-hydrogen) atoms. The lowest BCUT2D eigenvalue weighted by molar-refractivity contribution is -0.0409. The van der Waals surface area contributed by atoms with Crippen LogP contribution in [0.5, 0.6) is 0 Å². The summed E-state index contributed by atoms with van der Waals surface area (Å²) < 4.78 is 12.3. The predicted molar refractivity (Wildman–Crippen MR) is 114 cm³/mol. The highest BCUT2D eigenvalue weighted by atomic mass is 16.5. The van der Waals surface area contributed by atoms with Crippen LogP contribution in [0.3, 0.4) is 0 Å². The Morgan fingerprint density at radius 1 is 0.889 bits per heavy atom. The Morgan fingerprint density at radius 3 is 2.22 bits per heavy atom. The van der Waals surface area contributed by atoms with Gasteiger partial charge in [0.15, 0.2) is 0 Å². The standard InChI is InChI=1S/C25H38O2/c1-3-4-5-18-26-24-14-16-25(17-15-24)27-19-21-8-12-23(13-9-21)22-10-6-20(2)7-11-22/h6-7,10-12,21,24-25H,3-5,8-9,13-19H2,1-2H3. The Kier molecular flexibility index (Phi) is 8.41. The zero-order valence-electron chi connectivity index (χ0n) is 17.4. The molecule has 1 unspecified atom stereocenters. The molecule has 1 atom stereocenters. The molecule has 1 fully saturated rings. The maximum Gasteiger partial charge on any atom is 0.0577 e. The first-order valence-electron chi connectivity index (χ1n) is 11.2. The van der Waals surface area contributed by atoms with Gasteiger partial charge >= 0.3 is 0 Å². The van der Waals surface area contributed by atoms with Gasteiger partial charge in [0.25, 0.3) is 0 Å². The van der Waals surface area contributed by atoms with Crippen LogP contribution in [0.15, 0.2) is 30.3 Å². The highest BCUT2D eigenvalue weighted by molar-refractivity contribution is 5.66. The van der Waals surface area contributed by atoms with Gasteiger partial charge in [-0.15, -0.1) is 0 Å². The van der Waals surface area contributed by atoms with E-state index >= 15 is 0 Å². The first-order valence-corrected chi connectivity index (χ1v) is 11.2. The van der Waals surface area contributed by atoms with Gasteiger partial charge in [-0.1, -0.05) is 55.7 Å². The first kappa shape index (κ1) is 20.6. The summed E-state index contributed by atoms with van der Waals surface area (Å²) in [4.78, 5) is 0. The molecule has 150 valence electrons. The largest absolute Gasteiger partial charge is 0.378 e. The molecular weight excluding hydrogens is 332 g/mol. The van der Waals surface area contributed by atoms with Gasteiger partial charge in [0.05, 0.1) is 18.8 Å². The van der Waals surface area contributed by atoms with Crippen LogP contribution in [0.1, 0.15) is 82.3 Å². The third kappa shape index (κ3) is 6.76. The summed E-state index contributed by atoms with van der Waals surface area (Å²) in [6.07, 6.45) is 15.5. The first-order chi connectivity index (χ1) is 13.2. The molecule has 0 N–H and O–H groups in total. The molecule has 1 saturated carbocycles. The zero-order chi connectivity index (χ0) is 18.9. The van der Waals surface area contributed by atoms with Crippen LogP contribution < -0.4 is 0 Å². The van der Waals surface area contributed by atoms with Crippen LogP contribution >= 0.6 is 0 Å². The van der Waals surface area contributed by atoms with Crippen LogP contribution in [0.2, 0.25) is 0 Å². The lowest BCUT2D eigenvalue weighted by Gasteiger charge is -2.30. The van der Waals surface area contributed by atoms with Crippen molar-refractivity contribution in [2.75, 3.05) is 13.2 Å². The average molecular weight is 371 g/mol. The fourth-order valence-electron chi connectivity index (χ4n) is 4.31. The predicted octanol–water partition coefficient (Wildman–Crippen LogP) is 6.71. The van der Waals surface area contributed by atoms with Crippen LogP contribution in [0.25, 0.3) is 5.57 Å². The highest BCUT2D eigenvalue weighted by Crippen LogP contribution is 2.31. The second-order valence-electron chi connectivity index (χ2n) is 8.55. The van der Waals surface area contributed by atoms with Crippen LogP contribution in [-0.4, -0.2) is 25.4 Å². The Labute approximate surface area is 166 Å². The minimum atomic E-state index is 0.461. The molecule has 2 nitrogen and oxygen atoms in total. The van der Waals surface area contributed by atoms with Crippen LogP contribution in [0.4, 0.5) is 0 Å². The average Bonchev–Trinajstić information content (AvgIpc) is 2.72. The molecular formula is C25H38O2. The number of benzene rings is 1. The van der Waals surface area contributed by atoms with E-state index in [1.165, 1.54) is 80.9 Å². The van der Waals surface area contributed by atoms with Gasteiger partial charge in [0.2, 0.25) is 0 Å². The highest BCUT2D eigenvalue weighted by Gasteiger charge is 2.23. The Morgan fingerprint density at radius 2 is 1.59 bits per heavy atom. The number of unbranched alkanes of at least 4 members (excludes halogenated alkanes) is 2. The number of hydrogen-bond acceptors (Lipinski definition) is 2. The molecule has 0 spiro atoms. The van der Waals surface area contributed by atoms with Crippen molar-refractivity contribution in [1.82, 2.24) is 0 Å². The van der Waals surface area contributed by atoms with E-state index in [0.717, 1.165) is 13.2 Å². The number of ether oxygens (including phenoxy) is 2. The molecule has 2 heteroatoms. The van der Waals surface area contributed by atoms with E-state index in [1.54, 1.807) is 0 Å². The van der Waals surface area contributed by atoms with Crippen molar-refractivity contribution in [3.8, 4) is 0 Å². The van der Waals surface area contributed by atoms with E-state index < -0.39 is 0 Å². The van der Waals surface area contributed by atoms with E-state index in [-0.39, 0.29) is 0 Å². The monoisotopic (exact) mass is 370 g/mol. The maximum absolute atomic E-state index is 6.29. The number of hydrogen-bond donors (Lipinski definition) is 0. The van der Waals surface area contributed by atoms with Gasteiger partial charge in [-0.2, -0.15) is 0 Å². The van der Waals surface area contributed by atoms with Gasteiger partial charge in [0, 0.05) is 6.61 Å². The normalized spacial score (nSPS) is 26.0. The van der Waals surface area contributed by atoms with E-state index in [9.17, 15) is 0 Å². The summed E-state index contributed by atoms with van der Waals surface area (Å²) in [6, 6.07) is 8.96. The summed E-state index contributed by atoms with van der Waals surface area (Å²) in [5.74, 6) is 0.696. The molecule has 0 bridgehead atoms. The molecule has 2 aliphatic carbocycles. The number of allylic oxidation sites excluding steroid dienone is 2. The van der Waals surface area contributed by atoms with Gasteiger partial charge < -0.3 is 9.47 Å².